The number of nitrogens with zero attached hydrogens (tertiary/aromatic N) is 3. The number of aromatic nitrogens is 2. The maximum absolute atomic E-state index is 12.4. The number of fused-ring (bicyclic) bond motifs is 1. The molecule has 0 saturated carbocycles. The second-order valence-electron chi connectivity index (χ2n) is 4.37. The summed E-state index contributed by atoms with van der Waals surface area (Å²) in [5.41, 5.74) is 4.95. The van der Waals surface area contributed by atoms with E-state index in [1.807, 2.05) is 0 Å². The second-order valence-corrected chi connectivity index (χ2v) is 4.37. The molecule has 0 spiro atoms. The first-order valence-corrected chi connectivity index (χ1v) is 6.10. The molecule has 7 heteroatoms. The third kappa shape index (κ3) is 1.91. The Hall–Kier alpha value is -3.22. The van der Waals surface area contributed by atoms with E-state index in [0.29, 0.717) is 11.1 Å². The monoisotopic (exact) mass is 282 g/mol. The van der Waals surface area contributed by atoms with Gasteiger partial charge in [-0.3, -0.25) is 19.5 Å². The van der Waals surface area contributed by atoms with Crippen LogP contribution in [0.3, 0.4) is 0 Å². The fraction of sp³-hybridized carbons (Fsp3) is 0. The van der Waals surface area contributed by atoms with Gasteiger partial charge in [-0.05, 0) is 24.3 Å². The lowest BCUT2D eigenvalue weighted by atomic mass is 10.2. The van der Waals surface area contributed by atoms with Crippen molar-refractivity contribution < 1.29 is 4.92 Å². The third-order valence-electron chi connectivity index (χ3n) is 3.15. The maximum atomic E-state index is 12.4. The molecule has 21 heavy (non-hydrogen) atoms. The van der Waals surface area contributed by atoms with E-state index in [1.165, 1.54) is 10.8 Å². The summed E-state index contributed by atoms with van der Waals surface area (Å²) >= 11 is 0. The van der Waals surface area contributed by atoms with Crippen LogP contribution in [-0.2, 0) is 0 Å². The normalized spacial score (nSPS) is 10.7. The minimum Gasteiger partial charge on any atom is -0.392 e. The summed E-state index contributed by atoms with van der Waals surface area (Å²) in [4.78, 5) is 27.0. The van der Waals surface area contributed by atoms with Crippen molar-refractivity contribution in [3.63, 3.8) is 0 Å². The molecule has 7 nitrogen and oxygen atoms in total. The van der Waals surface area contributed by atoms with Crippen LogP contribution in [0, 0.1) is 10.1 Å². The van der Waals surface area contributed by atoms with Crippen LogP contribution in [0.1, 0.15) is 0 Å². The van der Waals surface area contributed by atoms with Gasteiger partial charge in [0.25, 0.3) is 0 Å². The predicted octanol–water partition coefficient (Wildman–Crippen LogP) is 1.88. The molecule has 2 heterocycles. The summed E-state index contributed by atoms with van der Waals surface area (Å²) in [6.07, 6.45) is 1.51. The van der Waals surface area contributed by atoms with Crippen molar-refractivity contribution in [3.05, 3.63) is 69.1 Å². The van der Waals surface area contributed by atoms with Gasteiger partial charge in [-0.25, -0.2) is 4.98 Å². The molecule has 0 unspecified atom stereocenters. The van der Waals surface area contributed by atoms with Gasteiger partial charge in [0.05, 0.1) is 10.6 Å². The molecule has 2 aromatic heterocycles. The first-order valence-electron chi connectivity index (χ1n) is 6.10. The summed E-state index contributed by atoms with van der Waals surface area (Å²) < 4.78 is 1.20. The highest BCUT2D eigenvalue weighted by molar-refractivity contribution is 5.93. The summed E-state index contributed by atoms with van der Waals surface area (Å²) in [6.45, 7) is 0. The van der Waals surface area contributed by atoms with Crippen LogP contribution in [0.5, 0.6) is 0 Å². The minimum atomic E-state index is -0.796. The Morgan fingerprint density at radius 2 is 1.86 bits per heavy atom. The Morgan fingerprint density at radius 1 is 1.14 bits per heavy atom. The Kier molecular flexibility index (Phi) is 2.87. The fourth-order valence-corrected chi connectivity index (χ4v) is 2.22. The third-order valence-corrected chi connectivity index (χ3v) is 3.15. The quantitative estimate of drug-likeness (QED) is 0.570. The van der Waals surface area contributed by atoms with E-state index < -0.39 is 16.2 Å². The zero-order valence-electron chi connectivity index (χ0n) is 10.8. The highest BCUT2D eigenvalue weighted by Gasteiger charge is 2.24. The topological polar surface area (TPSA) is 104 Å². The number of benzene rings is 1. The fourth-order valence-electron chi connectivity index (χ4n) is 2.22. The maximum Gasteiger partial charge on any atom is 0.357 e. The highest BCUT2D eigenvalue weighted by atomic mass is 16.6. The zero-order chi connectivity index (χ0) is 15.0. The van der Waals surface area contributed by atoms with Crippen LogP contribution in [-0.4, -0.2) is 14.5 Å². The van der Waals surface area contributed by atoms with Crippen LogP contribution in [0.15, 0.2) is 53.5 Å². The van der Waals surface area contributed by atoms with Gasteiger partial charge < -0.3 is 5.73 Å². The highest BCUT2D eigenvalue weighted by Crippen LogP contribution is 2.27. The van der Waals surface area contributed by atoms with E-state index in [2.05, 4.69) is 4.98 Å². The van der Waals surface area contributed by atoms with Gasteiger partial charge >= 0.3 is 11.2 Å². The molecule has 0 atom stereocenters. The number of hydrogen-bond acceptors (Lipinski definition) is 5. The average molecular weight is 282 g/mol. The van der Waals surface area contributed by atoms with Gasteiger partial charge in [-0.1, -0.05) is 18.2 Å². The molecule has 0 aliphatic heterocycles. The summed E-state index contributed by atoms with van der Waals surface area (Å²) in [5.74, 6) is 0. The van der Waals surface area contributed by atoms with Crippen molar-refractivity contribution in [2.75, 3.05) is 5.73 Å². The lowest BCUT2D eigenvalue weighted by Crippen LogP contribution is -2.23. The van der Waals surface area contributed by atoms with E-state index in [1.54, 1.807) is 42.5 Å². The number of nitrogen functional groups attached to an aromatic ring is 1. The molecule has 0 aliphatic carbocycles. The van der Waals surface area contributed by atoms with Crippen molar-refractivity contribution in [3.8, 4) is 5.69 Å². The summed E-state index contributed by atoms with van der Waals surface area (Å²) in [6, 6.07) is 11.8. The molecule has 0 fully saturated rings. The lowest BCUT2D eigenvalue weighted by molar-refractivity contribution is -0.385. The molecule has 1 aromatic carbocycles. The molecule has 2 N–H and O–H groups in total. The first kappa shape index (κ1) is 12.8. The first-order chi connectivity index (χ1) is 10.1. The van der Waals surface area contributed by atoms with E-state index >= 15 is 0 Å². The second kappa shape index (κ2) is 4.71. The number of pyridine rings is 2. The van der Waals surface area contributed by atoms with E-state index in [-0.39, 0.29) is 11.3 Å². The van der Waals surface area contributed by atoms with Crippen LogP contribution >= 0.6 is 0 Å². The van der Waals surface area contributed by atoms with E-state index in [0.717, 1.165) is 0 Å². The molecule has 0 bridgehead atoms. The van der Waals surface area contributed by atoms with Gasteiger partial charge in [0.15, 0.2) is 0 Å². The van der Waals surface area contributed by atoms with Crippen molar-refractivity contribution >= 4 is 22.4 Å². The lowest BCUT2D eigenvalue weighted by Gasteiger charge is -2.11. The predicted molar refractivity (Wildman–Crippen MR) is 78.4 cm³/mol. The smallest absolute Gasteiger partial charge is 0.357 e. The standard InChI is InChI=1S/C14H10N4O3/c15-11-10-7-4-8-16-13(10)17(9-5-2-1-3-6-9)14(19)12(11)18(20)21/h1-8H,15H2. The Balaban J connectivity index is 2.55. The largest absolute Gasteiger partial charge is 0.392 e. The summed E-state index contributed by atoms with van der Waals surface area (Å²) in [7, 11) is 0. The summed E-state index contributed by atoms with van der Waals surface area (Å²) in [5, 5.41) is 11.5. The number of nitro groups is 1. The van der Waals surface area contributed by atoms with Crippen LogP contribution < -0.4 is 11.3 Å². The van der Waals surface area contributed by atoms with Crippen molar-refractivity contribution in [1.29, 1.82) is 0 Å². The zero-order valence-corrected chi connectivity index (χ0v) is 10.8. The molecule has 0 radical (unpaired) electrons. The molecule has 3 rings (SSSR count). The number of nitrogens with two attached hydrogens (primary N) is 1. The van der Waals surface area contributed by atoms with E-state index in [9.17, 15) is 14.9 Å². The van der Waals surface area contributed by atoms with Crippen molar-refractivity contribution in [2.24, 2.45) is 0 Å². The number of anilines is 1. The van der Waals surface area contributed by atoms with Gasteiger partial charge in [-0.2, -0.15) is 0 Å². The van der Waals surface area contributed by atoms with E-state index in [4.69, 9.17) is 5.73 Å². The van der Waals surface area contributed by atoms with Crippen LogP contribution in [0.25, 0.3) is 16.7 Å². The van der Waals surface area contributed by atoms with Gasteiger partial charge in [-0.15, -0.1) is 0 Å². The van der Waals surface area contributed by atoms with Crippen LogP contribution in [0.4, 0.5) is 11.4 Å². The van der Waals surface area contributed by atoms with Gasteiger partial charge in [0.1, 0.15) is 11.3 Å². The van der Waals surface area contributed by atoms with Crippen molar-refractivity contribution in [2.45, 2.75) is 0 Å². The Bertz CT molecular complexity index is 903. The SMILES string of the molecule is Nc1c([N+](=O)[O-])c(=O)n(-c2ccccc2)c2ncccc12. The Labute approximate surface area is 118 Å². The van der Waals surface area contributed by atoms with Crippen molar-refractivity contribution in [1.82, 2.24) is 9.55 Å². The Morgan fingerprint density at radius 3 is 2.52 bits per heavy atom. The molecule has 0 amide bonds. The molecular weight excluding hydrogens is 272 g/mol. The van der Waals surface area contributed by atoms with Crippen LogP contribution in [0.2, 0.25) is 0 Å². The molecular formula is C14H10N4O3. The number of rotatable bonds is 2. The number of hydrogen-bond donors (Lipinski definition) is 1. The molecule has 0 saturated heterocycles. The molecule has 0 aliphatic rings. The average Bonchev–Trinajstić information content (AvgIpc) is 2.48. The molecule has 3 aromatic rings. The molecule has 104 valence electrons. The van der Waals surface area contributed by atoms with Gasteiger partial charge in [0.2, 0.25) is 0 Å². The minimum absolute atomic E-state index is 0.166. The van der Waals surface area contributed by atoms with Gasteiger partial charge in [0, 0.05) is 11.6 Å². The number of para-hydroxylation sites is 1.